The molecule has 1 aliphatic rings. The quantitative estimate of drug-likeness (QED) is 0.807. The van der Waals surface area contributed by atoms with Crippen LogP contribution in [0.2, 0.25) is 0 Å². The molecule has 0 unspecified atom stereocenters. The van der Waals surface area contributed by atoms with Crippen molar-refractivity contribution < 1.29 is 9.53 Å². The topological polar surface area (TPSA) is 29.5 Å². The van der Waals surface area contributed by atoms with Gasteiger partial charge in [0.25, 0.3) is 0 Å². The Kier molecular flexibility index (Phi) is 4.20. The van der Waals surface area contributed by atoms with Gasteiger partial charge in [0, 0.05) is 31.8 Å². The van der Waals surface area contributed by atoms with Gasteiger partial charge < -0.3 is 9.64 Å². The van der Waals surface area contributed by atoms with E-state index in [1.54, 1.807) is 7.11 Å². The minimum absolute atomic E-state index is 0.208. The maximum Gasteiger partial charge on any atom is 0.163 e. The number of aryl methyl sites for hydroxylation is 1. The van der Waals surface area contributed by atoms with Gasteiger partial charge in [-0.3, -0.25) is 4.79 Å². The third-order valence-electron chi connectivity index (χ3n) is 4.24. The maximum atomic E-state index is 12.4. The fraction of sp³-hybridized carbons (Fsp3) is 0.250. The lowest BCUT2D eigenvalue weighted by Gasteiger charge is -2.19. The minimum Gasteiger partial charge on any atom is -0.497 e. The molecule has 2 aromatic carbocycles. The van der Waals surface area contributed by atoms with E-state index in [9.17, 15) is 4.79 Å². The van der Waals surface area contributed by atoms with E-state index >= 15 is 0 Å². The van der Waals surface area contributed by atoms with Crippen LogP contribution >= 0.6 is 0 Å². The molecule has 0 heterocycles. The summed E-state index contributed by atoms with van der Waals surface area (Å²) in [6.07, 6.45) is 3.33. The Balaban J connectivity index is 2.00. The van der Waals surface area contributed by atoms with Gasteiger partial charge in [-0.05, 0) is 53.5 Å². The molecule has 0 saturated carbocycles. The lowest BCUT2D eigenvalue weighted by Crippen LogP contribution is -2.12. The standard InChI is InChI=1S/C20H21NO2/c1-21(2)16-7-4-14(5-8-16)12-19-18-10-9-17(23-3)13-15(18)6-11-20(19)22/h4-5,7-10,12-13H,6,11H2,1-3H3/b19-12+. The number of rotatable bonds is 3. The van der Waals surface area contributed by atoms with E-state index in [4.69, 9.17) is 4.74 Å². The summed E-state index contributed by atoms with van der Waals surface area (Å²) < 4.78 is 5.29. The van der Waals surface area contributed by atoms with Crippen LogP contribution in [0.15, 0.2) is 42.5 Å². The average molecular weight is 307 g/mol. The second-order valence-electron chi connectivity index (χ2n) is 5.99. The van der Waals surface area contributed by atoms with Crippen molar-refractivity contribution in [2.45, 2.75) is 12.8 Å². The number of carbonyl (C=O) groups is 1. The van der Waals surface area contributed by atoms with Crippen LogP contribution < -0.4 is 9.64 Å². The first kappa shape index (κ1) is 15.3. The maximum absolute atomic E-state index is 12.4. The molecule has 0 atom stereocenters. The molecule has 1 aliphatic carbocycles. The van der Waals surface area contributed by atoms with Gasteiger partial charge in [0.1, 0.15) is 5.75 Å². The Hall–Kier alpha value is -2.55. The van der Waals surface area contributed by atoms with Gasteiger partial charge in [0.15, 0.2) is 5.78 Å². The van der Waals surface area contributed by atoms with E-state index < -0.39 is 0 Å². The average Bonchev–Trinajstić information content (AvgIpc) is 2.57. The van der Waals surface area contributed by atoms with Gasteiger partial charge in [-0.2, -0.15) is 0 Å². The molecule has 0 spiro atoms. The SMILES string of the molecule is COc1ccc2c(c1)CCC(=O)/C2=C/c1ccc(N(C)C)cc1. The van der Waals surface area contributed by atoms with Crippen molar-refractivity contribution >= 4 is 23.1 Å². The van der Waals surface area contributed by atoms with E-state index in [2.05, 4.69) is 17.0 Å². The van der Waals surface area contributed by atoms with Crippen molar-refractivity contribution in [1.29, 1.82) is 0 Å². The molecule has 3 rings (SSSR count). The summed E-state index contributed by atoms with van der Waals surface area (Å²) in [5.41, 5.74) is 5.19. The summed E-state index contributed by atoms with van der Waals surface area (Å²) >= 11 is 0. The second kappa shape index (κ2) is 6.29. The number of fused-ring (bicyclic) bond motifs is 1. The predicted octanol–water partition coefficient (Wildman–Crippen LogP) is 3.82. The highest BCUT2D eigenvalue weighted by atomic mass is 16.5. The van der Waals surface area contributed by atoms with Crippen molar-refractivity contribution in [3.63, 3.8) is 0 Å². The van der Waals surface area contributed by atoms with Gasteiger partial charge in [0.2, 0.25) is 0 Å². The van der Waals surface area contributed by atoms with Gasteiger partial charge >= 0.3 is 0 Å². The molecule has 0 N–H and O–H groups in total. The molecule has 118 valence electrons. The Morgan fingerprint density at radius 3 is 2.43 bits per heavy atom. The molecule has 0 aromatic heterocycles. The summed E-state index contributed by atoms with van der Waals surface area (Å²) in [6.45, 7) is 0. The van der Waals surface area contributed by atoms with Gasteiger partial charge in [-0.1, -0.05) is 18.2 Å². The largest absolute Gasteiger partial charge is 0.497 e. The molecule has 0 saturated heterocycles. The number of carbonyl (C=O) groups excluding carboxylic acids is 1. The second-order valence-corrected chi connectivity index (χ2v) is 5.99. The lowest BCUT2D eigenvalue weighted by atomic mass is 9.85. The van der Waals surface area contributed by atoms with Crippen molar-refractivity contribution in [1.82, 2.24) is 0 Å². The number of ketones is 1. The van der Waals surface area contributed by atoms with Gasteiger partial charge in [-0.15, -0.1) is 0 Å². The lowest BCUT2D eigenvalue weighted by molar-refractivity contribution is -0.113. The van der Waals surface area contributed by atoms with E-state index in [0.717, 1.165) is 34.6 Å². The fourth-order valence-corrected chi connectivity index (χ4v) is 2.89. The van der Waals surface area contributed by atoms with Crippen LogP contribution in [0.4, 0.5) is 5.69 Å². The van der Waals surface area contributed by atoms with Crippen LogP contribution in [0.1, 0.15) is 23.1 Å². The highest BCUT2D eigenvalue weighted by molar-refractivity contribution is 6.26. The monoisotopic (exact) mass is 307 g/mol. The van der Waals surface area contributed by atoms with E-state index in [0.29, 0.717) is 6.42 Å². The molecular weight excluding hydrogens is 286 g/mol. The normalized spacial score (nSPS) is 15.4. The summed E-state index contributed by atoms with van der Waals surface area (Å²) in [7, 11) is 5.70. The first-order valence-electron chi connectivity index (χ1n) is 7.78. The smallest absolute Gasteiger partial charge is 0.163 e. The molecular formula is C20H21NO2. The van der Waals surface area contributed by atoms with Crippen molar-refractivity contribution in [3.8, 4) is 5.75 Å². The molecule has 2 aromatic rings. The van der Waals surface area contributed by atoms with Gasteiger partial charge in [-0.25, -0.2) is 0 Å². The molecule has 3 nitrogen and oxygen atoms in total. The van der Waals surface area contributed by atoms with Crippen LogP contribution in [0.25, 0.3) is 11.6 Å². The predicted molar refractivity (Wildman–Crippen MR) is 95.0 cm³/mol. The van der Waals surface area contributed by atoms with Crippen LogP contribution in [-0.4, -0.2) is 27.0 Å². The van der Waals surface area contributed by atoms with E-state index in [1.165, 1.54) is 5.56 Å². The zero-order valence-electron chi connectivity index (χ0n) is 13.8. The van der Waals surface area contributed by atoms with Crippen molar-refractivity contribution in [2.24, 2.45) is 0 Å². The first-order chi connectivity index (χ1) is 11.1. The highest BCUT2D eigenvalue weighted by Gasteiger charge is 2.21. The Bertz CT molecular complexity index is 758. The molecule has 3 heteroatoms. The molecule has 0 bridgehead atoms. The number of methoxy groups -OCH3 is 1. The molecule has 0 fully saturated rings. The molecule has 23 heavy (non-hydrogen) atoms. The van der Waals surface area contributed by atoms with Crippen LogP contribution in [0, 0.1) is 0 Å². The Morgan fingerprint density at radius 1 is 1.04 bits per heavy atom. The number of Topliss-reactive ketones (excluding diaryl/α,β-unsaturated/α-hetero) is 1. The number of benzene rings is 2. The van der Waals surface area contributed by atoms with E-state index in [-0.39, 0.29) is 5.78 Å². The Labute approximate surface area is 137 Å². The van der Waals surface area contributed by atoms with Crippen LogP contribution in [0.5, 0.6) is 5.75 Å². The summed E-state index contributed by atoms with van der Waals surface area (Å²) in [5, 5.41) is 0. The third-order valence-corrected chi connectivity index (χ3v) is 4.24. The van der Waals surface area contributed by atoms with Gasteiger partial charge in [0.05, 0.1) is 7.11 Å². The molecule has 0 aliphatic heterocycles. The first-order valence-corrected chi connectivity index (χ1v) is 7.78. The number of anilines is 1. The van der Waals surface area contributed by atoms with Crippen LogP contribution in [0.3, 0.4) is 0 Å². The highest BCUT2D eigenvalue weighted by Crippen LogP contribution is 2.32. The minimum atomic E-state index is 0.208. The number of allylic oxidation sites excluding steroid dienone is 1. The zero-order chi connectivity index (χ0) is 16.4. The third kappa shape index (κ3) is 3.14. The summed E-state index contributed by atoms with van der Waals surface area (Å²) in [5.74, 6) is 1.05. The zero-order valence-corrected chi connectivity index (χ0v) is 13.8. The van der Waals surface area contributed by atoms with E-state index in [1.807, 2.05) is 50.5 Å². The van der Waals surface area contributed by atoms with Crippen LogP contribution in [-0.2, 0) is 11.2 Å². The van der Waals surface area contributed by atoms with Crippen molar-refractivity contribution in [3.05, 3.63) is 59.2 Å². The Morgan fingerprint density at radius 2 is 1.78 bits per heavy atom. The summed E-state index contributed by atoms with van der Waals surface area (Å²) in [4.78, 5) is 14.4. The number of ether oxygens (including phenoxy) is 1. The van der Waals surface area contributed by atoms with Crippen molar-refractivity contribution in [2.75, 3.05) is 26.1 Å². The number of hydrogen-bond donors (Lipinski definition) is 0. The molecule has 0 amide bonds. The molecule has 0 radical (unpaired) electrons. The summed E-state index contributed by atoms with van der Waals surface area (Å²) in [6, 6.07) is 14.2. The number of nitrogens with zero attached hydrogens (tertiary/aromatic N) is 1. The number of hydrogen-bond acceptors (Lipinski definition) is 3. The fourth-order valence-electron chi connectivity index (χ4n) is 2.89.